The van der Waals surface area contributed by atoms with Gasteiger partial charge in [0, 0.05) is 6.54 Å². The van der Waals surface area contributed by atoms with Gasteiger partial charge in [0.05, 0.1) is 6.10 Å². The molecule has 0 aromatic heterocycles. The first-order chi connectivity index (χ1) is 12.9. The molecular formula is C19H21NO7. The van der Waals surface area contributed by atoms with Crippen LogP contribution in [0.1, 0.15) is 34.0 Å². The summed E-state index contributed by atoms with van der Waals surface area (Å²) in [4.78, 5) is 22.6. The Hall–Kier alpha value is -3.10. The van der Waals surface area contributed by atoms with E-state index in [1.165, 1.54) is 6.07 Å². The highest BCUT2D eigenvalue weighted by molar-refractivity contribution is 5.90. The molecule has 8 nitrogen and oxygen atoms in total. The van der Waals surface area contributed by atoms with Gasteiger partial charge in [-0.3, -0.25) is 0 Å². The zero-order valence-corrected chi connectivity index (χ0v) is 14.4. The Labute approximate surface area is 155 Å². The van der Waals surface area contributed by atoms with Crippen LogP contribution in [0.25, 0.3) is 0 Å². The highest BCUT2D eigenvalue weighted by Crippen LogP contribution is 2.25. The van der Waals surface area contributed by atoms with Gasteiger partial charge >= 0.3 is 12.1 Å². The fraction of sp³-hybridized carbons (Fsp3) is 0.263. The summed E-state index contributed by atoms with van der Waals surface area (Å²) >= 11 is 0. The van der Waals surface area contributed by atoms with Crippen molar-refractivity contribution in [3.8, 4) is 5.75 Å². The summed E-state index contributed by atoms with van der Waals surface area (Å²) in [5.74, 6) is -1.78. The smallest absolute Gasteiger partial charge is 0.407 e. The van der Waals surface area contributed by atoms with Gasteiger partial charge in [-0.05, 0) is 29.7 Å². The molecule has 5 N–H and O–H groups in total. The molecule has 0 spiro atoms. The number of rotatable bonds is 8. The minimum atomic E-state index is -1.37. The zero-order valence-electron chi connectivity index (χ0n) is 14.4. The van der Waals surface area contributed by atoms with Gasteiger partial charge in [-0.1, -0.05) is 36.4 Å². The number of aromatic carboxylic acids is 1. The first-order valence-corrected chi connectivity index (χ1v) is 8.25. The van der Waals surface area contributed by atoms with Crippen LogP contribution >= 0.6 is 0 Å². The third-order valence-electron chi connectivity index (χ3n) is 3.88. The average Bonchev–Trinajstić information content (AvgIpc) is 2.66. The van der Waals surface area contributed by atoms with Crippen LogP contribution in [0.2, 0.25) is 0 Å². The molecule has 0 fully saturated rings. The lowest BCUT2D eigenvalue weighted by Crippen LogP contribution is -2.29. The highest BCUT2D eigenvalue weighted by Gasteiger charge is 2.21. The number of amides is 1. The zero-order chi connectivity index (χ0) is 19.8. The summed E-state index contributed by atoms with van der Waals surface area (Å²) in [6, 6.07) is 12.7. The molecule has 144 valence electrons. The van der Waals surface area contributed by atoms with Crippen molar-refractivity contribution in [2.75, 3.05) is 6.54 Å². The van der Waals surface area contributed by atoms with Crippen molar-refractivity contribution in [3.63, 3.8) is 0 Å². The Morgan fingerprint density at radius 3 is 2.44 bits per heavy atom. The number of aromatic hydroxyl groups is 1. The number of nitrogens with one attached hydrogen (secondary N) is 1. The molecule has 2 aromatic carbocycles. The summed E-state index contributed by atoms with van der Waals surface area (Å²) in [5.41, 5.74) is 0.607. The van der Waals surface area contributed by atoms with Crippen LogP contribution in [0.3, 0.4) is 0 Å². The van der Waals surface area contributed by atoms with E-state index in [4.69, 9.17) is 9.84 Å². The monoisotopic (exact) mass is 375 g/mol. The molecule has 2 atom stereocenters. The molecule has 0 saturated heterocycles. The van der Waals surface area contributed by atoms with Crippen LogP contribution < -0.4 is 5.32 Å². The Bertz CT molecular complexity index is 779. The van der Waals surface area contributed by atoms with Crippen LogP contribution in [-0.4, -0.2) is 45.1 Å². The van der Waals surface area contributed by atoms with Gasteiger partial charge in [0.25, 0.3) is 0 Å². The molecule has 0 heterocycles. The molecule has 2 aromatic rings. The minimum absolute atomic E-state index is 0.0187. The number of hydrogen-bond donors (Lipinski definition) is 5. The van der Waals surface area contributed by atoms with E-state index in [1.54, 1.807) is 0 Å². The van der Waals surface area contributed by atoms with Gasteiger partial charge in [-0.15, -0.1) is 0 Å². The van der Waals surface area contributed by atoms with Crippen LogP contribution in [0.4, 0.5) is 4.79 Å². The van der Waals surface area contributed by atoms with E-state index >= 15 is 0 Å². The molecule has 27 heavy (non-hydrogen) atoms. The summed E-state index contributed by atoms with van der Waals surface area (Å²) in [7, 11) is 0. The predicted octanol–water partition coefficient (Wildman–Crippen LogP) is 1.80. The molecule has 2 unspecified atom stereocenters. The Balaban J connectivity index is 1.79. The number of phenols is 1. The van der Waals surface area contributed by atoms with Crippen molar-refractivity contribution in [1.82, 2.24) is 5.32 Å². The number of carboxylic acids is 1. The Kier molecular flexibility index (Phi) is 7.16. The number of ether oxygens (including phenoxy) is 1. The van der Waals surface area contributed by atoms with Crippen molar-refractivity contribution in [3.05, 3.63) is 65.2 Å². The van der Waals surface area contributed by atoms with Gasteiger partial charge in [0.2, 0.25) is 0 Å². The molecule has 0 aliphatic heterocycles. The first-order valence-electron chi connectivity index (χ1n) is 8.25. The lowest BCUT2D eigenvalue weighted by atomic mass is 9.99. The second-order valence-electron chi connectivity index (χ2n) is 5.87. The van der Waals surface area contributed by atoms with E-state index in [-0.39, 0.29) is 30.7 Å². The molecule has 1 amide bonds. The molecule has 0 saturated carbocycles. The standard InChI is InChI=1S/C19H21NO7/c21-15-7-6-13(10-14(15)18(24)25)17(23)16(22)8-9-20-19(26)27-11-12-4-2-1-3-5-12/h1-7,10,16-17,21-23H,8-9,11H2,(H,20,26)(H,24,25). The maximum absolute atomic E-state index is 11.6. The SMILES string of the molecule is O=C(NCCC(O)C(O)c1ccc(O)c(C(=O)O)c1)OCc1ccccc1. The highest BCUT2D eigenvalue weighted by atomic mass is 16.5. The first kappa shape index (κ1) is 20.2. The maximum Gasteiger partial charge on any atom is 0.407 e. The Morgan fingerprint density at radius 2 is 1.78 bits per heavy atom. The van der Waals surface area contributed by atoms with Crippen molar-refractivity contribution >= 4 is 12.1 Å². The topological polar surface area (TPSA) is 136 Å². The number of alkyl carbamates (subject to hydrolysis) is 1. The molecule has 8 heteroatoms. The van der Waals surface area contributed by atoms with E-state index in [0.29, 0.717) is 0 Å². The summed E-state index contributed by atoms with van der Waals surface area (Å²) in [6.07, 6.45) is -3.25. The van der Waals surface area contributed by atoms with Crippen molar-refractivity contribution in [2.24, 2.45) is 0 Å². The third-order valence-corrected chi connectivity index (χ3v) is 3.88. The third kappa shape index (κ3) is 5.98. The number of carbonyl (C=O) groups excluding carboxylic acids is 1. The number of benzene rings is 2. The summed E-state index contributed by atoms with van der Waals surface area (Å²) < 4.78 is 5.02. The molecule has 0 aliphatic rings. The van der Waals surface area contributed by atoms with Gasteiger partial charge in [0.15, 0.2) is 0 Å². The van der Waals surface area contributed by atoms with E-state index in [2.05, 4.69) is 5.32 Å². The second kappa shape index (κ2) is 9.56. The molecule has 0 radical (unpaired) electrons. The van der Waals surface area contributed by atoms with Crippen LogP contribution in [0.15, 0.2) is 48.5 Å². The van der Waals surface area contributed by atoms with Crippen LogP contribution in [0.5, 0.6) is 5.75 Å². The fourth-order valence-electron chi connectivity index (χ4n) is 2.39. The predicted molar refractivity (Wildman–Crippen MR) is 95.3 cm³/mol. The Morgan fingerprint density at radius 1 is 1.07 bits per heavy atom. The van der Waals surface area contributed by atoms with E-state index in [0.717, 1.165) is 17.7 Å². The number of carboxylic acid groups (broad SMARTS) is 1. The van der Waals surface area contributed by atoms with E-state index < -0.39 is 30.0 Å². The lowest BCUT2D eigenvalue weighted by Gasteiger charge is -2.19. The second-order valence-corrected chi connectivity index (χ2v) is 5.87. The van der Waals surface area contributed by atoms with Gasteiger partial charge < -0.3 is 30.5 Å². The van der Waals surface area contributed by atoms with Crippen molar-refractivity contribution < 1.29 is 34.8 Å². The van der Waals surface area contributed by atoms with Crippen molar-refractivity contribution in [1.29, 1.82) is 0 Å². The minimum Gasteiger partial charge on any atom is -0.507 e. The fourth-order valence-corrected chi connectivity index (χ4v) is 2.39. The largest absolute Gasteiger partial charge is 0.507 e. The van der Waals surface area contributed by atoms with Gasteiger partial charge in [-0.2, -0.15) is 0 Å². The average molecular weight is 375 g/mol. The molecule has 0 aliphatic carbocycles. The summed E-state index contributed by atoms with van der Waals surface area (Å²) in [5, 5.41) is 41.1. The number of aliphatic hydroxyl groups is 2. The summed E-state index contributed by atoms with van der Waals surface area (Å²) in [6.45, 7) is 0.166. The molecular weight excluding hydrogens is 354 g/mol. The lowest BCUT2D eigenvalue weighted by molar-refractivity contribution is 0.0135. The maximum atomic E-state index is 11.6. The van der Waals surface area contributed by atoms with Gasteiger partial charge in [-0.25, -0.2) is 9.59 Å². The normalized spacial score (nSPS) is 12.8. The quantitative estimate of drug-likeness (QED) is 0.474. The molecule has 2 rings (SSSR count). The van der Waals surface area contributed by atoms with Crippen molar-refractivity contribution in [2.45, 2.75) is 25.2 Å². The number of aliphatic hydroxyl groups excluding tert-OH is 2. The van der Waals surface area contributed by atoms with E-state index in [9.17, 15) is 24.9 Å². The van der Waals surface area contributed by atoms with Crippen LogP contribution in [0, 0.1) is 0 Å². The van der Waals surface area contributed by atoms with Crippen LogP contribution in [-0.2, 0) is 11.3 Å². The molecule has 0 bridgehead atoms. The number of carbonyl (C=O) groups is 2. The van der Waals surface area contributed by atoms with E-state index in [1.807, 2.05) is 30.3 Å². The number of hydrogen-bond acceptors (Lipinski definition) is 6. The van der Waals surface area contributed by atoms with Gasteiger partial charge in [0.1, 0.15) is 24.0 Å².